The van der Waals surface area contributed by atoms with Gasteiger partial charge in [-0.15, -0.1) is 32.9 Å². The molecule has 0 spiro atoms. The highest BCUT2D eigenvalue weighted by atomic mass is 32.2. The maximum atomic E-state index is 12.8. The fraction of sp³-hybridized carbons (Fsp3) is 0.158. The zero-order valence-corrected chi connectivity index (χ0v) is 18.9. The molecule has 0 saturated heterocycles. The van der Waals surface area contributed by atoms with Crippen LogP contribution in [0.4, 0.5) is 5.13 Å². The van der Waals surface area contributed by atoms with E-state index in [0.29, 0.717) is 17.8 Å². The lowest BCUT2D eigenvalue weighted by molar-refractivity contribution is 0.518. The van der Waals surface area contributed by atoms with Crippen LogP contribution in [-0.4, -0.2) is 20.2 Å². The normalized spacial score (nSPS) is 12.4. The third-order valence-corrected chi connectivity index (χ3v) is 8.16. The zero-order chi connectivity index (χ0) is 20.5. The molecular formula is C19H15N5O2S4. The van der Waals surface area contributed by atoms with E-state index in [4.69, 9.17) is 9.40 Å². The van der Waals surface area contributed by atoms with Crippen molar-refractivity contribution in [1.82, 2.24) is 20.2 Å². The molecule has 5 aromatic rings. The number of fused-ring (bicyclic) bond motifs is 1. The SMILES string of the molecule is C[C@H](Sc1nnc(NCc2ccco2)s1)c1nc2scc(-c3cccs3)c2c(=O)[nH]1. The zero-order valence-electron chi connectivity index (χ0n) is 15.6. The number of nitrogens with zero attached hydrogens (tertiary/aromatic N) is 3. The first-order valence-corrected chi connectivity index (χ1v) is 12.4. The van der Waals surface area contributed by atoms with Gasteiger partial charge in [-0.2, -0.15) is 0 Å². The average molecular weight is 474 g/mol. The maximum Gasteiger partial charge on any atom is 0.260 e. The molecular weight excluding hydrogens is 459 g/mol. The molecule has 5 heterocycles. The third-order valence-electron chi connectivity index (χ3n) is 4.31. The van der Waals surface area contributed by atoms with Gasteiger partial charge >= 0.3 is 0 Å². The van der Waals surface area contributed by atoms with Crippen molar-refractivity contribution in [3.63, 3.8) is 0 Å². The van der Waals surface area contributed by atoms with Gasteiger partial charge in [0, 0.05) is 15.8 Å². The Morgan fingerprint density at radius 2 is 2.20 bits per heavy atom. The van der Waals surface area contributed by atoms with E-state index in [2.05, 4.69) is 20.5 Å². The van der Waals surface area contributed by atoms with Crippen LogP contribution < -0.4 is 10.9 Å². The molecule has 0 aliphatic carbocycles. The van der Waals surface area contributed by atoms with Crippen LogP contribution in [0.15, 0.2) is 54.8 Å². The summed E-state index contributed by atoms with van der Waals surface area (Å²) in [6.07, 6.45) is 1.64. The lowest BCUT2D eigenvalue weighted by atomic mass is 10.2. The summed E-state index contributed by atoms with van der Waals surface area (Å²) in [4.78, 5) is 22.3. The van der Waals surface area contributed by atoms with E-state index in [-0.39, 0.29) is 10.8 Å². The molecule has 152 valence electrons. The van der Waals surface area contributed by atoms with Crippen LogP contribution in [0.5, 0.6) is 0 Å². The molecule has 0 aromatic carbocycles. The van der Waals surface area contributed by atoms with Crippen LogP contribution >= 0.6 is 45.8 Å². The number of rotatable bonds is 7. The molecule has 2 N–H and O–H groups in total. The van der Waals surface area contributed by atoms with Crippen molar-refractivity contribution in [2.75, 3.05) is 5.32 Å². The quantitative estimate of drug-likeness (QED) is 0.296. The van der Waals surface area contributed by atoms with Crippen molar-refractivity contribution in [3.05, 3.63) is 63.2 Å². The standard InChI is InChI=1S/C19H15N5O2S4/c1-10(29-19-24-23-18(30-19)20-8-11-4-2-6-26-11)15-21-16(25)14-12(9-28-17(14)22-15)13-5-3-7-27-13/h2-7,9-10H,8H2,1H3,(H,20,23)(H,21,22,25)/t10-/m0/s1. The van der Waals surface area contributed by atoms with E-state index >= 15 is 0 Å². The smallest absolute Gasteiger partial charge is 0.260 e. The average Bonchev–Trinajstić information content (AvgIpc) is 3.53. The predicted molar refractivity (Wildman–Crippen MR) is 124 cm³/mol. The number of thiophene rings is 2. The maximum absolute atomic E-state index is 12.8. The van der Waals surface area contributed by atoms with E-state index < -0.39 is 0 Å². The molecule has 0 unspecified atom stereocenters. The summed E-state index contributed by atoms with van der Waals surface area (Å²) in [5.74, 6) is 1.47. The van der Waals surface area contributed by atoms with Crippen molar-refractivity contribution >= 4 is 61.1 Å². The summed E-state index contributed by atoms with van der Waals surface area (Å²) in [7, 11) is 0. The third kappa shape index (κ3) is 3.93. The highest BCUT2D eigenvalue weighted by Crippen LogP contribution is 2.38. The number of furan rings is 1. The van der Waals surface area contributed by atoms with Gasteiger partial charge in [0.15, 0.2) is 4.34 Å². The van der Waals surface area contributed by atoms with Crippen LogP contribution in [0, 0.1) is 0 Å². The summed E-state index contributed by atoms with van der Waals surface area (Å²) < 4.78 is 6.11. The summed E-state index contributed by atoms with van der Waals surface area (Å²) in [5, 5.41) is 16.9. The molecule has 30 heavy (non-hydrogen) atoms. The Morgan fingerprint density at radius 3 is 3.00 bits per heavy atom. The Kier molecular flexibility index (Phi) is 5.42. The van der Waals surface area contributed by atoms with Gasteiger partial charge in [-0.3, -0.25) is 4.79 Å². The van der Waals surface area contributed by atoms with Gasteiger partial charge in [0.1, 0.15) is 16.4 Å². The number of hydrogen-bond acceptors (Lipinski definition) is 10. The minimum atomic E-state index is -0.106. The monoisotopic (exact) mass is 473 g/mol. The second-order valence-corrected chi connectivity index (χ2v) is 10.7. The van der Waals surface area contributed by atoms with Gasteiger partial charge in [-0.1, -0.05) is 29.2 Å². The first-order chi connectivity index (χ1) is 14.7. The lowest BCUT2D eigenvalue weighted by Crippen LogP contribution is -2.12. The minimum Gasteiger partial charge on any atom is -0.467 e. The van der Waals surface area contributed by atoms with Gasteiger partial charge in [-0.05, 0) is 30.5 Å². The molecule has 5 rings (SSSR count). The molecule has 0 saturated carbocycles. The predicted octanol–water partition coefficient (Wildman–Crippen LogP) is 5.62. The number of aromatic nitrogens is 4. The van der Waals surface area contributed by atoms with E-state index in [1.807, 2.05) is 41.9 Å². The number of anilines is 1. The Labute approximate surface area is 187 Å². The molecule has 0 radical (unpaired) electrons. The van der Waals surface area contributed by atoms with Crippen molar-refractivity contribution < 1.29 is 4.42 Å². The minimum absolute atomic E-state index is 0.0692. The summed E-state index contributed by atoms with van der Waals surface area (Å²) in [5.41, 5.74) is 0.840. The van der Waals surface area contributed by atoms with E-state index in [1.54, 1.807) is 17.6 Å². The highest BCUT2D eigenvalue weighted by molar-refractivity contribution is 8.01. The summed E-state index contributed by atoms with van der Waals surface area (Å²) >= 11 is 6.09. The summed E-state index contributed by atoms with van der Waals surface area (Å²) in [6.45, 7) is 2.55. The lowest BCUT2D eigenvalue weighted by Gasteiger charge is -2.08. The van der Waals surface area contributed by atoms with Crippen LogP contribution in [0.2, 0.25) is 0 Å². The Balaban J connectivity index is 1.33. The molecule has 11 heteroatoms. The number of thioether (sulfide) groups is 1. The molecule has 1 atom stereocenters. The van der Waals surface area contributed by atoms with Crippen LogP contribution in [0.1, 0.15) is 23.8 Å². The van der Waals surface area contributed by atoms with Crippen LogP contribution in [0.25, 0.3) is 20.7 Å². The number of H-pyrrole nitrogens is 1. The molecule has 0 bridgehead atoms. The fourth-order valence-electron chi connectivity index (χ4n) is 2.88. The fourth-order valence-corrected chi connectivity index (χ4v) is 6.60. The van der Waals surface area contributed by atoms with Crippen LogP contribution in [-0.2, 0) is 6.54 Å². The number of nitrogens with one attached hydrogen (secondary N) is 2. The van der Waals surface area contributed by atoms with Crippen molar-refractivity contribution in [2.45, 2.75) is 23.1 Å². The Morgan fingerprint density at radius 1 is 1.27 bits per heavy atom. The van der Waals surface area contributed by atoms with Crippen molar-refractivity contribution in [1.29, 1.82) is 0 Å². The van der Waals surface area contributed by atoms with E-state index in [0.717, 1.165) is 30.5 Å². The Hall–Kier alpha value is -2.47. The van der Waals surface area contributed by atoms with Gasteiger partial charge in [-0.25, -0.2) is 4.98 Å². The highest BCUT2D eigenvalue weighted by Gasteiger charge is 2.18. The van der Waals surface area contributed by atoms with Gasteiger partial charge in [0.2, 0.25) is 5.13 Å². The first kappa shape index (κ1) is 19.5. The van der Waals surface area contributed by atoms with Gasteiger partial charge < -0.3 is 14.7 Å². The number of aromatic amines is 1. The summed E-state index contributed by atoms with van der Waals surface area (Å²) in [6, 6.07) is 7.75. The molecule has 0 amide bonds. The molecule has 7 nitrogen and oxygen atoms in total. The van der Waals surface area contributed by atoms with Gasteiger partial charge in [0.25, 0.3) is 5.56 Å². The topological polar surface area (TPSA) is 96.7 Å². The Bertz CT molecular complexity index is 1320. The van der Waals surface area contributed by atoms with Crippen molar-refractivity contribution in [3.8, 4) is 10.4 Å². The number of hydrogen-bond donors (Lipinski definition) is 2. The first-order valence-electron chi connectivity index (χ1n) is 8.99. The van der Waals surface area contributed by atoms with Crippen LogP contribution in [0.3, 0.4) is 0 Å². The molecule has 5 aromatic heterocycles. The second-order valence-electron chi connectivity index (χ2n) is 6.32. The molecule has 0 fully saturated rings. The van der Waals surface area contributed by atoms with E-state index in [9.17, 15) is 4.79 Å². The van der Waals surface area contributed by atoms with Gasteiger partial charge in [0.05, 0.1) is 23.4 Å². The molecule has 0 aliphatic rings. The van der Waals surface area contributed by atoms with Crippen molar-refractivity contribution in [2.24, 2.45) is 0 Å². The largest absolute Gasteiger partial charge is 0.467 e. The van der Waals surface area contributed by atoms with E-state index in [1.165, 1.54) is 34.4 Å². The second kappa shape index (κ2) is 8.34. The molecule has 0 aliphatic heterocycles.